The standard InChI is InChI=1S/C24H24N6O3S/c1-24(2,32)13-27-10-16-7-19(17(9-18(16)25)15-4-6-33-11-15)29-22(31)20-12-34-23(30-20)14-3-5-28-21(26)8-14/h3-12,32H,13,25H2,1-2H3,(H2,26,28)(H,29,31). The second-order valence-electron chi connectivity index (χ2n) is 8.28. The third-order valence-electron chi connectivity index (χ3n) is 4.78. The summed E-state index contributed by atoms with van der Waals surface area (Å²) in [4.78, 5) is 25.8. The van der Waals surface area contributed by atoms with E-state index in [0.29, 0.717) is 33.3 Å². The predicted molar refractivity (Wildman–Crippen MR) is 135 cm³/mol. The highest BCUT2D eigenvalue weighted by Gasteiger charge is 2.17. The van der Waals surface area contributed by atoms with Crippen molar-refractivity contribution in [3.63, 3.8) is 0 Å². The molecule has 0 unspecified atom stereocenters. The zero-order valence-electron chi connectivity index (χ0n) is 18.6. The van der Waals surface area contributed by atoms with Gasteiger partial charge in [0.1, 0.15) is 16.5 Å². The molecule has 0 radical (unpaired) electrons. The smallest absolute Gasteiger partial charge is 0.275 e. The quantitative estimate of drug-likeness (QED) is 0.232. The third kappa shape index (κ3) is 5.48. The van der Waals surface area contributed by atoms with Crippen LogP contribution in [0, 0.1) is 0 Å². The zero-order valence-corrected chi connectivity index (χ0v) is 19.5. The highest BCUT2D eigenvalue weighted by molar-refractivity contribution is 7.13. The van der Waals surface area contributed by atoms with Crippen molar-refractivity contribution >= 4 is 40.7 Å². The lowest BCUT2D eigenvalue weighted by molar-refractivity contribution is 0.0905. The molecular formula is C24H24N6O3S. The summed E-state index contributed by atoms with van der Waals surface area (Å²) >= 11 is 1.34. The van der Waals surface area contributed by atoms with Crippen LogP contribution in [0.2, 0.25) is 0 Å². The van der Waals surface area contributed by atoms with Crippen molar-refractivity contribution in [3.05, 3.63) is 65.7 Å². The Morgan fingerprint density at radius 2 is 2.09 bits per heavy atom. The van der Waals surface area contributed by atoms with E-state index in [1.807, 2.05) is 0 Å². The first-order valence-corrected chi connectivity index (χ1v) is 11.2. The Balaban J connectivity index is 1.64. The number of furan rings is 1. The van der Waals surface area contributed by atoms with Gasteiger partial charge in [-0.25, -0.2) is 9.97 Å². The van der Waals surface area contributed by atoms with Crippen LogP contribution in [0.25, 0.3) is 21.7 Å². The average molecular weight is 477 g/mol. The summed E-state index contributed by atoms with van der Waals surface area (Å²) in [7, 11) is 0. The Morgan fingerprint density at radius 3 is 2.79 bits per heavy atom. The molecule has 1 aromatic carbocycles. The summed E-state index contributed by atoms with van der Waals surface area (Å²) in [6, 6.07) is 8.75. The van der Waals surface area contributed by atoms with Crippen LogP contribution >= 0.6 is 11.3 Å². The van der Waals surface area contributed by atoms with Crippen LogP contribution in [0.3, 0.4) is 0 Å². The Morgan fingerprint density at radius 1 is 1.26 bits per heavy atom. The molecule has 174 valence electrons. The number of hydrogen-bond acceptors (Lipinski definition) is 9. The van der Waals surface area contributed by atoms with Crippen molar-refractivity contribution in [1.29, 1.82) is 0 Å². The summed E-state index contributed by atoms with van der Waals surface area (Å²) in [6.45, 7) is 3.55. The minimum absolute atomic E-state index is 0.207. The number of aromatic nitrogens is 2. The maximum absolute atomic E-state index is 13.1. The minimum Gasteiger partial charge on any atom is -0.472 e. The van der Waals surface area contributed by atoms with E-state index in [1.165, 1.54) is 11.3 Å². The maximum atomic E-state index is 13.1. The lowest BCUT2D eigenvalue weighted by atomic mass is 10.0. The second-order valence-corrected chi connectivity index (χ2v) is 9.14. The van der Waals surface area contributed by atoms with Crippen LogP contribution in [0.15, 0.2) is 63.8 Å². The number of benzene rings is 1. The van der Waals surface area contributed by atoms with Crippen LogP contribution in [0.4, 0.5) is 17.2 Å². The van der Waals surface area contributed by atoms with Gasteiger partial charge >= 0.3 is 0 Å². The van der Waals surface area contributed by atoms with Crippen LogP contribution in [-0.2, 0) is 0 Å². The highest BCUT2D eigenvalue weighted by Crippen LogP contribution is 2.33. The summed E-state index contributed by atoms with van der Waals surface area (Å²) in [5, 5.41) is 15.2. The van der Waals surface area contributed by atoms with E-state index in [0.717, 1.165) is 11.1 Å². The van der Waals surface area contributed by atoms with Crippen molar-refractivity contribution in [2.24, 2.45) is 4.99 Å². The molecule has 34 heavy (non-hydrogen) atoms. The Labute approximate surface area is 200 Å². The van der Waals surface area contributed by atoms with Crippen LogP contribution in [0.5, 0.6) is 0 Å². The van der Waals surface area contributed by atoms with E-state index >= 15 is 0 Å². The summed E-state index contributed by atoms with van der Waals surface area (Å²) < 4.78 is 5.21. The number of nitrogens with one attached hydrogen (secondary N) is 1. The monoisotopic (exact) mass is 476 g/mol. The molecule has 0 bridgehead atoms. The van der Waals surface area contributed by atoms with Crippen LogP contribution in [0.1, 0.15) is 29.9 Å². The molecule has 0 aliphatic heterocycles. The molecule has 0 spiro atoms. The van der Waals surface area contributed by atoms with Gasteiger partial charge < -0.3 is 26.3 Å². The molecule has 0 atom stereocenters. The summed E-state index contributed by atoms with van der Waals surface area (Å²) in [5.74, 6) is 0.00235. The molecule has 0 aliphatic rings. The Kier molecular flexibility index (Phi) is 6.44. The van der Waals surface area contributed by atoms with E-state index in [2.05, 4.69) is 20.3 Å². The fourth-order valence-electron chi connectivity index (χ4n) is 3.15. The molecular weight excluding hydrogens is 452 g/mol. The van der Waals surface area contributed by atoms with Crippen molar-refractivity contribution < 1.29 is 14.3 Å². The number of nitrogens with zero attached hydrogens (tertiary/aromatic N) is 3. The number of thiazole rings is 1. The molecule has 4 aromatic rings. The fraction of sp³-hybridized carbons (Fsp3) is 0.167. The van der Waals surface area contributed by atoms with Gasteiger partial charge in [0, 0.05) is 51.4 Å². The summed E-state index contributed by atoms with van der Waals surface area (Å²) in [5.41, 5.74) is 15.2. The van der Waals surface area contributed by atoms with Crippen molar-refractivity contribution in [2.75, 3.05) is 23.3 Å². The number of hydrogen-bond donors (Lipinski definition) is 4. The lowest BCUT2D eigenvalue weighted by Gasteiger charge is -2.14. The number of aliphatic hydroxyl groups is 1. The summed E-state index contributed by atoms with van der Waals surface area (Å²) in [6.07, 6.45) is 6.29. The van der Waals surface area contributed by atoms with Gasteiger partial charge in [0.15, 0.2) is 0 Å². The van der Waals surface area contributed by atoms with Crippen LogP contribution < -0.4 is 16.8 Å². The number of carbonyl (C=O) groups is 1. The number of rotatable bonds is 7. The van der Waals surface area contributed by atoms with Gasteiger partial charge in [-0.1, -0.05) is 0 Å². The lowest BCUT2D eigenvalue weighted by Crippen LogP contribution is -2.22. The minimum atomic E-state index is -0.944. The molecule has 3 heterocycles. The van der Waals surface area contributed by atoms with Gasteiger partial charge in [0.25, 0.3) is 5.91 Å². The fourth-order valence-corrected chi connectivity index (χ4v) is 3.95. The molecule has 10 heteroatoms. The van der Waals surface area contributed by atoms with Gasteiger partial charge in [-0.2, -0.15) is 0 Å². The first-order valence-electron chi connectivity index (χ1n) is 10.4. The maximum Gasteiger partial charge on any atom is 0.275 e. The first-order chi connectivity index (χ1) is 16.2. The van der Waals surface area contributed by atoms with E-state index < -0.39 is 5.60 Å². The number of amides is 1. The second kappa shape index (κ2) is 9.46. The van der Waals surface area contributed by atoms with Crippen molar-refractivity contribution in [2.45, 2.75) is 19.4 Å². The largest absolute Gasteiger partial charge is 0.472 e. The van der Waals surface area contributed by atoms with Crippen LogP contribution in [-0.4, -0.2) is 39.3 Å². The van der Waals surface area contributed by atoms with Gasteiger partial charge in [-0.3, -0.25) is 9.79 Å². The average Bonchev–Trinajstić information content (AvgIpc) is 3.47. The predicted octanol–water partition coefficient (Wildman–Crippen LogP) is 4.07. The Bertz CT molecular complexity index is 1340. The van der Waals surface area contributed by atoms with Crippen molar-refractivity contribution in [3.8, 4) is 21.7 Å². The number of nitrogen functional groups attached to an aromatic ring is 2. The van der Waals surface area contributed by atoms with Gasteiger partial charge in [-0.05, 0) is 44.2 Å². The number of anilines is 3. The van der Waals surface area contributed by atoms with Gasteiger partial charge in [0.05, 0.1) is 24.7 Å². The molecule has 1 amide bonds. The van der Waals surface area contributed by atoms with E-state index in [1.54, 1.807) is 74.5 Å². The van der Waals surface area contributed by atoms with E-state index in [-0.39, 0.29) is 18.1 Å². The SMILES string of the molecule is CC(C)(O)CN=Cc1cc(NC(=O)c2csc(-c3ccnc(N)c3)n2)c(-c2ccoc2)cc1N. The van der Waals surface area contributed by atoms with E-state index in [9.17, 15) is 9.90 Å². The third-order valence-corrected chi connectivity index (χ3v) is 5.67. The number of nitrogens with two attached hydrogens (primary N) is 2. The molecule has 0 aliphatic carbocycles. The zero-order chi connectivity index (χ0) is 24.3. The van der Waals surface area contributed by atoms with Gasteiger partial charge in [-0.15, -0.1) is 11.3 Å². The molecule has 9 nitrogen and oxygen atoms in total. The molecule has 0 saturated heterocycles. The van der Waals surface area contributed by atoms with Crippen molar-refractivity contribution in [1.82, 2.24) is 9.97 Å². The van der Waals surface area contributed by atoms with Gasteiger partial charge in [0.2, 0.25) is 0 Å². The molecule has 6 N–H and O–H groups in total. The number of aliphatic imine (C=N–C) groups is 1. The first kappa shape index (κ1) is 23.1. The van der Waals surface area contributed by atoms with E-state index in [4.69, 9.17) is 15.9 Å². The molecule has 3 aromatic heterocycles. The molecule has 0 fully saturated rings. The topological polar surface area (TPSA) is 153 Å². The number of pyridine rings is 1. The number of carbonyl (C=O) groups excluding carboxylic acids is 1. The molecule has 0 saturated carbocycles. The molecule has 4 rings (SSSR count). The normalized spacial score (nSPS) is 11.7. The highest BCUT2D eigenvalue weighted by atomic mass is 32.1. The Hall–Kier alpha value is -4.02.